The van der Waals surface area contributed by atoms with E-state index in [4.69, 9.17) is 0 Å². The monoisotopic (exact) mass is 297 g/mol. The van der Waals surface area contributed by atoms with Gasteiger partial charge in [0.2, 0.25) is 0 Å². The van der Waals surface area contributed by atoms with Crippen molar-refractivity contribution in [2.24, 2.45) is 5.92 Å². The quantitative estimate of drug-likeness (QED) is 0.865. The van der Waals surface area contributed by atoms with Gasteiger partial charge in [-0.15, -0.1) is 0 Å². The molecule has 3 fully saturated rings. The maximum absolute atomic E-state index is 12.3. The second kappa shape index (κ2) is 5.76. The SMILES string of the molecule is CC1(C)CN(C(=O)NCC2CCN(C3CC3)C2)CCS1. The topological polar surface area (TPSA) is 35.6 Å². The smallest absolute Gasteiger partial charge is 0.317 e. The fraction of sp³-hybridized carbons (Fsp3) is 0.933. The number of thioether (sulfide) groups is 1. The number of nitrogens with zero attached hydrogens (tertiary/aromatic N) is 2. The second-order valence-electron chi connectivity index (χ2n) is 7.10. The Morgan fingerprint density at radius 1 is 1.30 bits per heavy atom. The molecule has 0 spiro atoms. The highest BCUT2D eigenvalue weighted by Crippen LogP contribution is 2.32. The molecule has 0 bridgehead atoms. The van der Waals surface area contributed by atoms with Crippen molar-refractivity contribution in [1.82, 2.24) is 15.1 Å². The van der Waals surface area contributed by atoms with Gasteiger partial charge < -0.3 is 15.1 Å². The van der Waals surface area contributed by atoms with Crippen molar-refractivity contribution in [2.45, 2.75) is 43.9 Å². The second-order valence-corrected chi connectivity index (χ2v) is 8.90. The highest BCUT2D eigenvalue weighted by molar-refractivity contribution is 8.00. The van der Waals surface area contributed by atoms with Crippen molar-refractivity contribution in [3.05, 3.63) is 0 Å². The van der Waals surface area contributed by atoms with Crippen LogP contribution in [0.4, 0.5) is 4.79 Å². The lowest BCUT2D eigenvalue weighted by atomic mass is 10.1. The zero-order chi connectivity index (χ0) is 14.2. The van der Waals surface area contributed by atoms with Gasteiger partial charge in [-0.05, 0) is 45.6 Å². The van der Waals surface area contributed by atoms with Crippen LogP contribution in [-0.4, -0.2) is 65.1 Å². The molecule has 3 rings (SSSR count). The molecule has 114 valence electrons. The van der Waals surface area contributed by atoms with Gasteiger partial charge in [0.25, 0.3) is 0 Å². The molecule has 1 unspecified atom stereocenters. The summed E-state index contributed by atoms with van der Waals surface area (Å²) in [5.74, 6) is 1.71. The summed E-state index contributed by atoms with van der Waals surface area (Å²) in [6, 6.07) is 1.01. The van der Waals surface area contributed by atoms with Crippen LogP contribution < -0.4 is 5.32 Å². The van der Waals surface area contributed by atoms with Crippen molar-refractivity contribution < 1.29 is 4.79 Å². The van der Waals surface area contributed by atoms with Crippen molar-refractivity contribution in [3.8, 4) is 0 Å². The predicted octanol–water partition coefficient (Wildman–Crippen LogP) is 2.01. The third-order valence-electron chi connectivity index (χ3n) is 4.64. The molecule has 4 nitrogen and oxygen atoms in total. The van der Waals surface area contributed by atoms with E-state index in [1.165, 1.54) is 32.4 Å². The fourth-order valence-corrected chi connectivity index (χ4v) is 4.45. The number of likely N-dealkylation sites (tertiary alicyclic amines) is 1. The van der Waals surface area contributed by atoms with Crippen LogP contribution in [-0.2, 0) is 0 Å². The van der Waals surface area contributed by atoms with Gasteiger partial charge in [-0.25, -0.2) is 4.79 Å². The van der Waals surface area contributed by atoms with E-state index in [0.29, 0.717) is 5.92 Å². The van der Waals surface area contributed by atoms with Gasteiger partial charge >= 0.3 is 6.03 Å². The Morgan fingerprint density at radius 3 is 2.80 bits per heavy atom. The summed E-state index contributed by atoms with van der Waals surface area (Å²) in [4.78, 5) is 16.9. The minimum absolute atomic E-state index is 0.142. The molecule has 1 aliphatic carbocycles. The number of rotatable bonds is 3. The zero-order valence-corrected chi connectivity index (χ0v) is 13.5. The first kappa shape index (κ1) is 14.5. The molecule has 2 heterocycles. The molecule has 0 radical (unpaired) electrons. The minimum atomic E-state index is 0.142. The maximum atomic E-state index is 12.3. The lowest BCUT2D eigenvalue weighted by Gasteiger charge is -2.37. The van der Waals surface area contributed by atoms with Crippen LogP contribution in [0.5, 0.6) is 0 Å². The summed E-state index contributed by atoms with van der Waals surface area (Å²) in [6.45, 7) is 9.47. The number of carbonyl (C=O) groups excluding carboxylic acids is 1. The average molecular weight is 297 g/mol. The van der Waals surface area contributed by atoms with Crippen molar-refractivity contribution in [1.29, 1.82) is 0 Å². The van der Waals surface area contributed by atoms with Crippen LogP contribution in [0, 0.1) is 5.92 Å². The summed E-state index contributed by atoms with van der Waals surface area (Å²) in [7, 11) is 0. The van der Waals surface area contributed by atoms with E-state index >= 15 is 0 Å². The fourth-order valence-electron chi connectivity index (χ4n) is 3.33. The van der Waals surface area contributed by atoms with Crippen LogP contribution in [0.25, 0.3) is 0 Å². The van der Waals surface area contributed by atoms with E-state index in [1.807, 2.05) is 16.7 Å². The molecule has 3 aliphatic rings. The van der Waals surface area contributed by atoms with E-state index in [9.17, 15) is 4.79 Å². The van der Waals surface area contributed by atoms with Crippen LogP contribution in [0.1, 0.15) is 33.1 Å². The molecule has 0 aromatic rings. The van der Waals surface area contributed by atoms with E-state index in [0.717, 1.165) is 31.4 Å². The number of nitrogens with one attached hydrogen (secondary N) is 1. The molecule has 1 atom stereocenters. The molecule has 2 amide bonds. The summed E-state index contributed by atoms with van der Waals surface area (Å²) in [5, 5.41) is 3.16. The summed E-state index contributed by atoms with van der Waals surface area (Å²) >= 11 is 1.97. The molecule has 0 aromatic carbocycles. The van der Waals surface area contributed by atoms with Crippen LogP contribution in [0.15, 0.2) is 0 Å². The van der Waals surface area contributed by atoms with E-state index < -0.39 is 0 Å². The summed E-state index contributed by atoms with van der Waals surface area (Å²) in [5.41, 5.74) is 0. The number of hydrogen-bond acceptors (Lipinski definition) is 3. The molecule has 1 saturated carbocycles. The zero-order valence-electron chi connectivity index (χ0n) is 12.7. The predicted molar refractivity (Wildman–Crippen MR) is 84.2 cm³/mol. The Morgan fingerprint density at radius 2 is 2.10 bits per heavy atom. The van der Waals surface area contributed by atoms with Gasteiger partial charge in [-0.3, -0.25) is 0 Å². The van der Waals surface area contributed by atoms with Gasteiger partial charge in [0.1, 0.15) is 0 Å². The number of carbonyl (C=O) groups is 1. The molecule has 5 heteroatoms. The van der Waals surface area contributed by atoms with Gasteiger partial charge in [0.05, 0.1) is 0 Å². The standard InChI is InChI=1S/C15H27N3OS/c1-15(2)11-18(7-8-20-15)14(19)16-9-12-5-6-17(10-12)13-3-4-13/h12-13H,3-11H2,1-2H3,(H,16,19). The van der Waals surface area contributed by atoms with E-state index in [2.05, 4.69) is 24.1 Å². The first-order valence-electron chi connectivity index (χ1n) is 7.94. The van der Waals surface area contributed by atoms with Crippen LogP contribution >= 0.6 is 11.8 Å². The van der Waals surface area contributed by atoms with Crippen molar-refractivity contribution >= 4 is 17.8 Å². The maximum Gasteiger partial charge on any atom is 0.317 e. The Balaban J connectivity index is 1.40. The molecule has 2 saturated heterocycles. The minimum Gasteiger partial charge on any atom is -0.338 e. The summed E-state index contributed by atoms with van der Waals surface area (Å²) < 4.78 is 0.200. The van der Waals surface area contributed by atoms with Gasteiger partial charge in [0.15, 0.2) is 0 Å². The van der Waals surface area contributed by atoms with Crippen LogP contribution in [0.3, 0.4) is 0 Å². The third kappa shape index (κ3) is 3.61. The number of urea groups is 1. The first-order valence-corrected chi connectivity index (χ1v) is 8.93. The molecule has 2 aliphatic heterocycles. The third-order valence-corrected chi connectivity index (χ3v) is 5.93. The Kier molecular flexibility index (Phi) is 4.18. The van der Waals surface area contributed by atoms with E-state index in [1.54, 1.807) is 0 Å². The molecular formula is C15H27N3OS. The molecule has 20 heavy (non-hydrogen) atoms. The molecular weight excluding hydrogens is 270 g/mol. The van der Waals surface area contributed by atoms with Gasteiger partial charge in [-0.1, -0.05) is 0 Å². The first-order chi connectivity index (χ1) is 9.53. The Bertz CT molecular complexity index is 370. The average Bonchev–Trinajstić information content (AvgIpc) is 3.14. The lowest BCUT2D eigenvalue weighted by molar-refractivity contribution is 0.193. The molecule has 1 N–H and O–H groups in total. The molecule has 0 aromatic heterocycles. The number of hydrogen-bond donors (Lipinski definition) is 1. The van der Waals surface area contributed by atoms with Gasteiger partial charge in [0, 0.05) is 42.7 Å². The van der Waals surface area contributed by atoms with Crippen molar-refractivity contribution in [3.63, 3.8) is 0 Å². The largest absolute Gasteiger partial charge is 0.338 e. The van der Waals surface area contributed by atoms with E-state index in [-0.39, 0.29) is 10.8 Å². The summed E-state index contributed by atoms with van der Waals surface area (Å²) in [6.07, 6.45) is 4.03. The van der Waals surface area contributed by atoms with Crippen molar-refractivity contribution in [2.75, 3.05) is 38.5 Å². The highest BCUT2D eigenvalue weighted by atomic mass is 32.2. The lowest BCUT2D eigenvalue weighted by Crippen LogP contribution is -2.50. The van der Waals surface area contributed by atoms with Gasteiger partial charge in [-0.2, -0.15) is 11.8 Å². The highest BCUT2D eigenvalue weighted by Gasteiger charge is 2.35. The Labute approximate surface area is 126 Å². The number of amides is 2. The van der Waals surface area contributed by atoms with Crippen LogP contribution in [0.2, 0.25) is 0 Å². The Hall–Kier alpha value is -0.420. The normalized spacial score (nSPS) is 30.5.